The van der Waals surface area contributed by atoms with Crippen LogP contribution in [0.15, 0.2) is 24.3 Å². The van der Waals surface area contributed by atoms with Crippen molar-refractivity contribution in [3.63, 3.8) is 0 Å². The Morgan fingerprint density at radius 2 is 1.78 bits per heavy atom. The van der Waals surface area contributed by atoms with Crippen molar-refractivity contribution in [1.82, 2.24) is 14.5 Å². The smallest absolute Gasteiger partial charge is 0.327 e. The highest BCUT2D eigenvalue weighted by Crippen LogP contribution is 2.27. The molecule has 0 aliphatic rings. The Hall–Kier alpha value is -1.56. The van der Waals surface area contributed by atoms with Crippen LogP contribution in [-0.2, 0) is 13.0 Å². The number of hydrogen-bond donors (Lipinski definition) is 0. The predicted molar refractivity (Wildman–Crippen MR) is 86.4 cm³/mol. The zero-order valence-electron chi connectivity index (χ0n) is 14.1. The van der Waals surface area contributed by atoms with Gasteiger partial charge in [0.05, 0.1) is 17.5 Å². The highest BCUT2D eigenvalue weighted by atomic mass is 19.4. The van der Waals surface area contributed by atoms with Gasteiger partial charge < -0.3 is 9.47 Å². The van der Waals surface area contributed by atoms with Crippen LogP contribution in [0.2, 0.25) is 0 Å². The molecule has 0 spiro atoms. The molecule has 0 atom stereocenters. The van der Waals surface area contributed by atoms with Crippen molar-refractivity contribution >= 4 is 11.0 Å². The molecule has 6 heteroatoms. The molecular weight excluding hydrogens is 303 g/mol. The number of aryl methyl sites for hydroxylation is 1. The third kappa shape index (κ3) is 4.96. The van der Waals surface area contributed by atoms with E-state index in [4.69, 9.17) is 0 Å². The lowest BCUT2D eigenvalue weighted by molar-refractivity contribution is -0.134. The Morgan fingerprint density at radius 3 is 2.39 bits per heavy atom. The summed E-state index contributed by atoms with van der Waals surface area (Å²) in [6.45, 7) is 5.72. The number of halogens is 3. The van der Waals surface area contributed by atoms with E-state index in [9.17, 15) is 13.2 Å². The number of alkyl halides is 3. The van der Waals surface area contributed by atoms with E-state index in [1.807, 2.05) is 42.9 Å². The zero-order valence-corrected chi connectivity index (χ0v) is 14.1. The highest BCUT2D eigenvalue weighted by Gasteiger charge is 2.29. The number of fused-ring (bicyclic) bond motifs is 1. The topological polar surface area (TPSA) is 21.1 Å². The van der Waals surface area contributed by atoms with Crippen LogP contribution < -0.4 is 0 Å². The summed E-state index contributed by atoms with van der Waals surface area (Å²) in [6.07, 6.45) is -5.09. The maximum absolute atomic E-state index is 12.6. The zero-order chi connectivity index (χ0) is 17.3. The molecule has 1 aromatic heterocycles. The molecule has 0 aliphatic heterocycles. The molecule has 0 saturated carbocycles. The first-order valence-corrected chi connectivity index (χ1v) is 7.73. The second kappa shape index (κ2) is 6.51. The van der Waals surface area contributed by atoms with Gasteiger partial charge >= 0.3 is 6.18 Å². The predicted octanol–water partition coefficient (Wildman–Crippen LogP) is 4.12. The van der Waals surface area contributed by atoms with Crippen LogP contribution in [0.3, 0.4) is 0 Å². The van der Waals surface area contributed by atoms with Gasteiger partial charge in [-0.25, -0.2) is 4.98 Å². The molecule has 2 rings (SSSR count). The Bertz CT molecular complexity index is 657. The second-order valence-corrected chi connectivity index (χ2v) is 7.12. The van der Waals surface area contributed by atoms with Crippen LogP contribution in [0.25, 0.3) is 11.0 Å². The minimum absolute atomic E-state index is 0.0695. The van der Waals surface area contributed by atoms with E-state index in [1.54, 1.807) is 0 Å². The molecule has 23 heavy (non-hydrogen) atoms. The van der Waals surface area contributed by atoms with Crippen molar-refractivity contribution in [2.75, 3.05) is 20.6 Å². The minimum Gasteiger partial charge on any atom is -0.327 e. The van der Waals surface area contributed by atoms with Crippen LogP contribution >= 0.6 is 0 Å². The van der Waals surface area contributed by atoms with Gasteiger partial charge in [0.15, 0.2) is 0 Å². The first-order valence-electron chi connectivity index (χ1n) is 7.73. The third-order valence-electron chi connectivity index (χ3n) is 3.70. The molecule has 0 radical (unpaired) electrons. The Labute approximate surface area is 135 Å². The van der Waals surface area contributed by atoms with Crippen molar-refractivity contribution in [2.24, 2.45) is 5.41 Å². The molecule has 1 heterocycles. The summed E-state index contributed by atoms with van der Waals surface area (Å²) in [5.41, 5.74) is 1.58. The van der Waals surface area contributed by atoms with E-state index in [2.05, 4.69) is 23.7 Å². The Morgan fingerprint density at radius 1 is 1.13 bits per heavy atom. The van der Waals surface area contributed by atoms with Gasteiger partial charge in [-0.1, -0.05) is 26.0 Å². The average Bonchev–Trinajstić information content (AvgIpc) is 2.72. The molecule has 0 saturated heterocycles. The van der Waals surface area contributed by atoms with Crippen LogP contribution in [0.1, 0.15) is 26.1 Å². The molecule has 0 aliphatic carbocycles. The molecule has 2 aromatic rings. The van der Waals surface area contributed by atoms with Gasteiger partial charge in [-0.3, -0.25) is 0 Å². The number of rotatable bonds is 6. The fraction of sp³-hybridized carbons (Fsp3) is 0.588. The van der Waals surface area contributed by atoms with E-state index < -0.39 is 12.6 Å². The van der Waals surface area contributed by atoms with Crippen molar-refractivity contribution in [3.8, 4) is 0 Å². The first-order chi connectivity index (χ1) is 10.6. The normalized spacial score (nSPS) is 13.2. The standard InChI is InChI=1S/C17H24F3N3/c1-16(2,11-22(3)4)12-23-14-8-6-5-7-13(14)21-15(23)9-10-17(18,19)20/h5-8H,9-12H2,1-4H3. The number of imidazole rings is 1. The number of para-hydroxylation sites is 2. The summed E-state index contributed by atoms with van der Waals surface area (Å²) < 4.78 is 39.7. The van der Waals surface area contributed by atoms with E-state index in [0.717, 1.165) is 17.6 Å². The quantitative estimate of drug-likeness (QED) is 0.796. The van der Waals surface area contributed by atoms with Gasteiger partial charge in [0, 0.05) is 19.5 Å². The number of nitrogens with zero attached hydrogens (tertiary/aromatic N) is 3. The second-order valence-electron chi connectivity index (χ2n) is 7.12. The van der Waals surface area contributed by atoms with Gasteiger partial charge in [0.25, 0.3) is 0 Å². The fourth-order valence-corrected chi connectivity index (χ4v) is 3.08. The monoisotopic (exact) mass is 327 g/mol. The SMILES string of the molecule is CN(C)CC(C)(C)Cn1c(CCC(F)(F)F)nc2ccccc21. The molecule has 3 nitrogen and oxygen atoms in total. The van der Waals surface area contributed by atoms with Gasteiger partial charge in [0.1, 0.15) is 5.82 Å². The third-order valence-corrected chi connectivity index (χ3v) is 3.70. The Kier molecular flexibility index (Phi) is 5.04. The largest absolute Gasteiger partial charge is 0.389 e. The van der Waals surface area contributed by atoms with Crippen molar-refractivity contribution < 1.29 is 13.2 Å². The summed E-state index contributed by atoms with van der Waals surface area (Å²) in [6, 6.07) is 7.53. The summed E-state index contributed by atoms with van der Waals surface area (Å²) in [4.78, 5) is 6.52. The van der Waals surface area contributed by atoms with Crippen LogP contribution in [0.4, 0.5) is 13.2 Å². The molecule has 0 fully saturated rings. The average molecular weight is 327 g/mol. The number of hydrogen-bond acceptors (Lipinski definition) is 2. The Balaban J connectivity index is 2.35. The highest BCUT2D eigenvalue weighted by molar-refractivity contribution is 5.75. The summed E-state index contributed by atoms with van der Waals surface area (Å²) >= 11 is 0. The number of benzene rings is 1. The van der Waals surface area contributed by atoms with Crippen molar-refractivity contribution in [2.45, 2.75) is 39.4 Å². The first kappa shape index (κ1) is 17.8. The van der Waals surface area contributed by atoms with E-state index in [1.165, 1.54) is 0 Å². The number of aromatic nitrogens is 2. The maximum Gasteiger partial charge on any atom is 0.389 e. The fourth-order valence-electron chi connectivity index (χ4n) is 3.08. The lowest BCUT2D eigenvalue weighted by atomic mass is 9.92. The lowest BCUT2D eigenvalue weighted by Crippen LogP contribution is -2.33. The lowest BCUT2D eigenvalue weighted by Gasteiger charge is -2.29. The van der Waals surface area contributed by atoms with Gasteiger partial charge in [-0.05, 0) is 31.6 Å². The van der Waals surface area contributed by atoms with Crippen LogP contribution in [0, 0.1) is 5.41 Å². The molecule has 128 valence electrons. The van der Waals surface area contributed by atoms with Crippen molar-refractivity contribution in [1.29, 1.82) is 0 Å². The summed E-state index contributed by atoms with van der Waals surface area (Å²) in [7, 11) is 4.00. The van der Waals surface area contributed by atoms with Crippen LogP contribution in [-0.4, -0.2) is 41.3 Å². The van der Waals surface area contributed by atoms with E-state index >= 15 is 0 Å². The van der Waals surface area contributed by atoms with Crippen LogP contribution in [0.5, 0.6) is 0 Å². The van der Waals surface area contributed by atoms with Crippen molar-refractivity contribution in [3.05, 3.63) is 30.1 Å². The summed E-state index contributed by atoms with van der Waals surface area (Å²) in [5.74, 6) is 0.510. The van der Waals surface area contributed by atoms with E-state index in [-0.39, 0.29) is 11.8 Å². The maximum atomic E-state index is 12.6. The molecule has 0 N–H and O–H groups in total. The molecule has 0 unspecified atom stereocenters. The minimum atomic E-state index is -4.16. The molecular formula is C17H24F3N3. The van der Waals surface area contributed by atoms with E-state index in [0.29, 0.717) is 12.4 Å². The van der Waals surface area contributed by atoms with Gasteiger partial charge in [0.2, 0.25) is 0 Å². The molecule has 1 aromatic carbocycles. The summed E-state index contributed by atoms with van der Waals surface area (Å²) in [5, 5.41) is 0. The molecule has 0 amide bonds. The van der Waals surface area contributed by atoms with Gasteiger partial charge in [-0.15, -0.1) is 0 Å². The molecule has 0 bridgehead atoms. The van der Waals surface area contributed by atoms with Gasteiger partial charge in [-0.2, -0.15) is 13.2 Å².